The summed E-state index contributed by atoms with van der Waals surface area (Å²) < 4.78 is 25.9. The van der Waals surface area contributed by atoms with Crippen LogP contribution in [0.4, 0.5) is 8.78 Å². The number of rotatable bonds is 4. The summed E-state index contributed by atoms with van der Waals surface area (Å²) in [5, 5.41) is 20.6. The normalized spacial score (nSPS) is 10.6. The summed E-state index contributed by atoms with van der Waals surface area (Å²) in [5.41, 5.74) is 0.517. The van der Waals surface area contributed by atoms with Crippen LogP contribution in [-0.4, -0.2) is 33.1 Å². The van der Waals surface area contributed by atoms with E-state index in [1.807, 2.05) is 0 Å². The molecule has 0 N–H and O–H groups in total. The number of carbonyl (C=O) groups is 2. The average Bonchev–Trinajstić information content (AvgIpc) is 2.66. The topological polar surface area (TPSA) is 80.3 Å². The van der Waals surface area contributed by atoms with Crippen molar-refractivity contribution in [3.05, 3.63) is 82.4 Å². The number of halogens is 2. The molecule has 0 bridgehead atoms. The molecule has 4 nitrogen and oxygen atoms in total. The van der Waals surface area contributed by atoms with Gasteiger partial charge in [-0.25, -0.2) is 8.78 Å². The van der Waals surface area contributed by atoms with Gasteiger partial charge in [-0.15, -0.1) is 0 Å². The molecule has 0 radical (unpaired) electrons. The second-order valence-electron chi connectivity index (χ2n) is 5.77. The van der Waals surface area contributed by atoms with E-state index in [4.69, 9.17) is 0 Å². The molecule has 0 amide bonds. The molecular weight excluding hydrogens is 485 g/mol. The molecular formula is C22H22F2O4Sn. The van der Waals surface area contributed by atoms with E-state index in [0.29, 0.717) is 0 Å². The van der Waals surface area contributed by atoms with E-state index in [0.717, 1.165) is 0 Å². The molecule has 7 heteroatoms. The molecule has 0 aliphatic carbocycles. The summed E-state index contributed by atoms with van der Waals surface area (Å²) in [7, 11) is 0. The van der Waals surface area contributed by atoms with Gasteiger partial charge >= 0.3 is 31.0 Å². The molecule has 0 aromatic heterocycles. The van der Waals surface area contributed by atoms with E-state index in [1.165, 1.54) is 50.3 Å². The molecule has 0 fully saturated rings. The van der Waals surface area contributed by atoms with Gasteiger partial charge in [0, 0.05) is 11.1 Å². The predicted octanol–water partition coefficient (Wildman–Crippen LogP) is 2.74. The van der Waals surface area contributed by atoms with Crippen molar-refractivity contribution in [3.8, 4) is 0 Å². The van der Waals surface area contributed by atoms with E-state index in [2.05, 4.69) is 9.88 Å². The van der Waals surface area contributed by atoms with Crippen molar-refractivity contribution in [3.63, 3.8) is 0 Å². The van der Waals surface area contributed by atoms with Crippen LogP contribution in [0.2, 0.25) is 9.88 Å². The van der Waals surface area contributed by atoms with Gasteiger partial charge in [0.1, 0.15) is 11.6 Å². The summed E-state index contributed by atoms with van der Waals surface area (Å²) in [6.45, 7) is 2.73. The van der Waals surface area contributed by atoms with Crippen molar-refractivity contribution in [1.82, 2.24) is 0 Å². The summed E-state index contributed by atoms with van der Waals surface area (Å²) in [5.74, 6) is -3.46. The van der Waals surface area contributed by atoms with E-state index in [1.54, 1.807) is 24.3 Å². The van der Waals surface area contributed by atoms with Crippen molar-refractivity contribution >= 4 is 45.2 Å². The summed E-state index contributed by atoms with van der Waals surface area (Å²) >= 11 is 0.230. The van der Waals surface area contributed by atoms with Gasteiger partial charge in [-0.1, -0.05) is 36.4 Å². The van der Waals surface area contributed by atoms with Gasteiger partial charge in [0.2, 0.25) is 0 Å². The number of carboxylic acids is 2. The Balaban J connectivity index is 0.000000477. The van der Waals surface area contributed by atoms with Gasteiger partial charge in [0.05, 0.1) is 11.9 Å². The van der Waals surface area contributed by atoms with Gasteiger partial charge in [-0.2, -0.15) is 0 Å². The van der Waals surface area contributed by atoms with Crippen LogP contribution >= 0.6 is 0 Å². The summed E-state index contributed by atoms with van der Waals surface area (Å²) in [6, 6.07) is 11.9. The zero-order valence-corrected chi connectivity index (χ0v) is 19.5. The molecule has 0 aliphatic rings. The van der Waals surface area contributed by atoms with Crippen LogP contribution in [0.3, 0.4) is 0 Å². The van der Waals surface area contributed by atoms with Crippen molar-refractivity contribution in [2.75, 3.05) is 0 Å². The molecule has 0 spiro atoms. The molecule has 0 saturated heterocycles. The molecule has 0 saturated carbocycles. The number of hydrogen-bond donors (Lipinski definition) is 0. The fourth-order valence-corrected chi connectivity index (χ4v) is 1.77. The van der Waals surface area contributed by atoms with Crippen LogP contribution in [0.5, 0.6) is 0 Å². The van der Waals surface area contributed by atoms with Gasteiger partial charge in [0.15, 0.2) is 0 Å². The quantitative estimate of drug-likeness (QED) is 0.471. The third kappa shape index (κ3) is 11.2. The Morgan fingerprint density at radius 1 is 0.759 bits per heavy atom. The maximum absolute atomic E-state index is 13.0. The Hall–Kier alpha value is -2.48. The molecule has 0 atom stereocenters. The van der Waals surface area contributed by atoms with E-state index in [-0.39, 0.29) is 43.4 Å². The Labute approximate surface area is 179 Å². The molecule has 0 unspecified atom stereocenters. The van der Waals surface area contributed by atoms with Crippen LogP contribution in [0.25, 0.3) is 12.2 Å². The van der Waals surface area contributed by atoms with Gasteiger partial charge in [-0.05, 0) is 49.3 Å². The van der Waals surface area contributed by atoms with Crippen LogP contribution in [0.1, 0.15) is 25.0 Å². The number of benzene rings is 2. The predicted molar refractivity (Wildman–Crippen MR) is 108 cm³/mol. The molecule has 2 aromatic carbocycles. The van der Waals surface area contributed by atoms with Crippen LogP contribution in [0.15, 0.2) is 59.7 Å². The Morgan fingerprint density at radius 3 is 1.28 bits per heavy atom. The molecule has 2 rings (SSSR count). The molecule has 2 aromatic rings. The van der Waals surface area contributed by atoms with Crippen molar-refractivity contribution in [1.29, 1.82) is 0 Å². The average molecular weight is 507 g/mol. The van der Waals surface area contributed by atoms with Crippen molar-refractivity contribution in [2.24, 2.45) is 0 Å². The minimum absolute atomic E-state index is 0.00472. The zero-order valence-electron chi connectivity index (χ0n) is 16.7. The first-order valence-electron chi connectivity index (χ1n) is 8.50. The fourth-order valence-electron chi connectivity index (χ4n) is 1.77. The van der Waals surface area contributed by atoms with Crippen molar-refractivity contribution in [2.45, 2.75) is 23.7 Å². The second kappa shape index (κ2) is 14.5. The number of carbonyl (C=O) groups excluding carboxylic acids is 2. The zero-order chi connectivity index (χ0) is 22.4. The number of aliphatic carboxylic acids is 2. The standard InChI is InChI=1S/2C10H9FO2.2CH3.Sn/c2*1-7(10(12)13)6-8-4-2-3-5-9(8)11;;;/h2*2-6H,1H3,(H,12,13);2*1H3;/q;;;;+2/p-2/b2*7-6+;;;. The monoisotopic (exact) mass is 508 g/mol. The first-order chi connectivity index (χ1) is 13.6. The van der Waals surface area contributed by atoms with E-state index >= 15 is 0 Å². The van der Waals surface area contributed by atoms with Gasteiger partial charge in [0.25, 0.3) is 0 Å². The number of hydrogen-bond acceptors (Lipinski definition) is 4. The van der Waals surface area contributed by atoms with E-state index < -0.39 is 23.6 Å². The van der Waals surface area contributed by atoms with Gasteiger partial charge in [-0.3, -0.25) is 0 Å². The Bertz CT molecular complexity index is 805. The van der Waals surface area contributed by atoms with Crippen LogP contribution < -0.4 is 10.2 Å². The second-order valence-corrected chi connectivity index (χ2v) is 8.63. The third-order valence-electron chi connectivity index (χ3n) is 3.20. The van der Waals surface area contributed by atoms with Crippen LogP contribution in [-0.2, 0) is 9.59 Å². The Kier molecular flexibility index (Phi) is 13.3. The third-order valence-corrected chi connectivity index (χ3v) is 3.20. The molecule has 152 valence electrons. The fraction of sp³-hybridized carbons (Fsp3) is 0.182. The molecule has 29 heavy (non-hydrogen) atoms. The maximum atomic E-state index is 13.0. The molecule has 0 heterocycles. The SMILES string of the molecule is C/C(=C\c1ccccc1F)C(=O)[O-].C/C(=C\c1ccccc1F)C(=O)[O-].[CH3][Sn+2][CH3]. The van der Waals surface area contributed by atoms with Crippen LogP contribution in [0, 0.1) is 11.6 Å². The van der Waals surface area contributed by atoms with E-state index in [9.17, 15) is 28.6 Å². The Morgan fingerprint density at radius 2 is 1.03 bits per heavy atom. The molecule has 0 aliphatic heterocycles. The summed E-state index contributed by atoms with van der Waals surface area (Å²) in [6.07, 6.45) is 2.48. The van der Waals surface area contributed by atoms with Gasteiger partial charge < -0.3 is 19.8 Å². The first-order valence-corrected chi connectivity index (χ1v) is 14.2. The van der Waals surface area contributed by atoms with Crippen molar-refractivity contribution < 1.29 is 28.6 Å². The number of carboxylic acid groups (broad SMARTS) is 2. The summed E-state index contributed by atoms with van der Waals surface area (Å²) in [4.78, 5) is 25.2. The first kappa shape index (κ1) is 26.5. The minimum atomic E-state index is -1.29.